The van der Waals surface area contributed by atoms with E-state index in [9.17, 15) is 4.57 Å². The van der Waals surface area contributed by atoms with Crippen molar-refractivity contribution in [2.45, 2.75) is 0 Å². The maximum atomic E-state index is 10.7. The van der Waals surface area contributed by atoms with Crippen LogP contribution in [0.2, 0.25) is 0 Å². The number of ether oxygens (including phenoxy) is 1. The Morgan fingerprint density at radius 3 is 2.64 bits per heavy atom. The number of nitrogens with two attached hydrogens (primary N) is 1. The van der Waals surface area contributed by atoms with Gasteiger partial charge in [-0.2, -0.15) is 0 Å². The lowest BCUT2D eigenvalue weighted by atomic mass is 10.2. The summed E-state index contributed by atoms with van der Waals surface area (Å²) >= 11 is 0. The van der Waals surface area contributed by atoms with Gasteiger partial charge in [0.25, 0.3) is 0 Å². The van der Waals surface area contributed by atoms with Crippen LogP contribution in [0.3, 0.4) is 0 Å². The maximum absolute atomic E-state index is 10.7. The number of hydrogen-bond donors (Lipinski definition) is 4. The minimum atomic E-state index is -4.33. The van der Waals surface area contributed by atoms with Gasteiger partial charge < -0.3 is 20.3 Å². The Morgan fingerprint density at radius 1 is 1.50 bits per heavy atom. The predicted octanol–water partition coefficient (Wildman–Crippen LogP) is 0.782. The van der Waals surface area contributed by atoms with Crippen molar-refractivity contribution in [3.63, 3.8) is 0 Å². The minimum Gasteiger partial charge on any atom is -0.495 e. The number of methoxy groups -OCH3 is 1. The molecule has 0 atom stereocenters. The molecule has 5 N–H and O–H groups in total. The summed E-state index contributed by atoms with van der Waals surface area (Å²) in [7, 11) is -2.93. The number of nitrogens with one attached hydrogen (secondary N) is 1. The average molecular weight is 218 g/mol. The molecule has 14 heavy (non-hydrogen) atoms. The van der Waals surface area contributed by atoms with E-state index in [1.807, 2.05) is 5.09 Å². The van der Waals surface area contributed by atoms with Crippen molar-refractivity contribution in [3.8, 4) is 5.75 Å². The van der Waals surface area contributed by atoms with E-state index in [1.165, 1.54) is 19.2 Å². The normalized spacial score (nSPS) is 11.1. The summed E-state index contributed by atoms with van der Waals surface area (Å²) in [4.78, 5) is 17.4. The van der Waals surface area contributed by atoms with E-state index in [4.69, 9.17) is 20.3 Å². The van der Waals surface area contributed by atoms with E-state index in [0.29, 0.717) is 11.4 Å². The average Bonchev–Trinajstić information content (AvgIpc) is 2.01. The van der Waals surface area contributed by atoms with Crippen LogP contribution in [0.25, 0.3) is 0 Å². The molecule has 0 saturated carbocycles. The van der Waals surface area contributed by atoms with Crippen LogP contribution in [0.4, 0.5) is 11.4 Å². The third-order valence-electron chi connectivity index (χ3n) is 1.49. The SMILES string of the molecule is COc1ccc(N)cc1NP(=O)(O)O. The summed E-state index contributed by atoms with van der Waals surface area (Å²) in [6.45, 7) is 0. The molecule has 0 aliphatic carbocycles. The van der Waals surface area contributed by atoms with Gasteiger partial charge in [-0.3, -0.25) is 5.09 Å². The van der Waals surface area contributed by atoms with Gasteiger partial charge in [0.2, 0.25) is 0 Å². The monoisotopic (exact) mass is 218 g/mol. The first-order chi connectivity index (χ1) is 6.42. The van der Waals surface area contributed by atoms with E-state index < -0.39 is 7.75 Å². The van der Waals surface area contributed by atoms with Gasteiger partial charge >= 0.3 is 7.75 Å². The van der Waals surface area contributed by atoms with Gasteiger partial charge in [0.15, 0.2) is 0 Å². The van der Waals surface area contributed by atoms with Gasteiger partial charge in [-0.25, -0.2) is 4.57 Å². The van der Waals surface area contributed by atoms with E-state index in [1.54, 1.807) is 6.07 Å². The third kappa shape index (κ3) is 2.92. The van der Waals surface area contributed by atoms with Crippen molar-refractivity contribution in [2.75, 3.05) is 17.9 Å². The number of rotatable bonds is 3. The Kier molecular flexibility index (Phi) is 3.00. The molecule has 0 fully saturated rings. The molecule has 6 nitrogen and oxygen atoms in total. The molecule has 0 aliphatic heterocycles. The van der Waals surface area contributed by atoms with E-state index in [-0.39, 0.29) is 5.69 Å². The highest BCUT2D eigenvalue weighted by Gasteiger charge is 2.15. The smallest absolute Gasteiger partial charge is 0.427 e. The van der Waals surface area contributed by atoms with Crippen molar-refractivity contribution in [2.24, 2.45) is 0 Å². The van der Waals surface area contributed by atoms with Crippen LogP contribution in [-0.2, 0) is 4.57 Å². The molecular formula is C7H11N2O4P. The highest BCUT2D eigenvalue weighted by atomic mass is 31.2. The molecule has 1 rings (SSSR count). The van der Waals surface area contributed by atoms with Crippen LogP contribution in [0.5, 0.6) is 5.75 Å². The second-order valence-electron chi connectivity index (χ2n) is 2.62. The van der Waals surface area contributed by atoms with Gasteiger partial charge in [0.1, 0.15) is 5.75 Å². The lowest BCUT2D eigenvalue weighted by Crippen LogP contribution is -1.98. The zero-order valence-corrected chi connectivity index (χ0v) is 8.36. The second-order valence-corrected chi connectivity index (χ2v) is 3.93. The van der Waals surface area contributed by atoms with Crippen LogP contribution >= 0.6 is 7.75 Å². The highest BCUT2D eigenvalue weighted by Crippen LogP contribution is 2.39. The van der Waals surface area contributed by atoms with Crippen molar-refractivity contribution in [3.05, 3.63) is 18.2 Å². The first-order valence-corrected chi connectivity index (χ1v) is 5.31. The summed E-state index contributed by atoms with van der Waals surface area (Å²) in [5, 5.41) is 2.00. The molecule has 0 heterocycles. The minimum absolute atomic E-state index is 0.167. The van der Waals surface area contributed by atoms with Gasteiger partial charge in [0, 0.05) is 5.69 Å². The Balaban J connectivity index is 3.05. The Labute approximate surface area is 80.9 Å². The molecule has 78 valence electrons. The number of hydrogen-bond acceptors (Lipinski definition) is 3. The van der Waals surface area contributed by atoms with Crippen molar-refractivity contribution < 1.29 is 19.1 Å². The molecule has 0 spiro atoms. The number of benzene rings is 1. The summed E-state index contributed by atoms with van der Waals surface area (Å²) in [6, 6.07) is 4.48. The van der Waals surface area contributed by atoms with E-state index in [0.717, 1.165) is 0 Å². The molecule has 0 radical (unpaired) electrons. The largest absolute Gasteiger partial charge is 0.495 e. The lowest BCUT2D eigenvalue weighted by Gasteiger charge is -2.12. The molecule has 1 aromatic rings. The topological polar surface area (TPSA) is 105 Å². The Bertz CT molecular complexity index is 376. The van der Waals surface area contributed by atoms with Crippen LogP contribution in [0.15, 0.2) is 18.2 Å². The molecule has 7 heteroatoms. The van der Waals surface area contributed by atoms with Gasteiger partial charge in [-0.1, -0.05) is 0 Å². The van der Waals surface area contributed by atoms with Crippen LogP contribution in [-0.4, -0.2) is 16.9 Å². The zero-order chi connectivity index (χ0) is 10.8. The molecule has 0 saturated heterocycles. The first-order valence-electron chi connectivity index (χ1n) is 3.70. The first kappa shape index (κ1) is 10.8. The second kappa shape index (κ2) is 3.88. The van der Waals surface area contributed by atoms with Crippen LogP contribution < -0.4 is 15.6 Å². The predicted molar refractivity (Wildman–Crippen MR) is 53.1 cm³/mol. The molecule has 0 unspecified atom stereocenters. The summed E-state index contributed by atoms with van der Waals surface area (Å²) in [5.41, 5.74) is 6.01. The third-order valence-corrected chi connectivity index (χ3v) is 2.02. The van der Waals surface area contributed by atoms with Crippen molar-refractivity contribution in [1.29, 1.82) is 0 Å². The molecule has 0 amide bonds. The Hall–Kier alpha value is -1.23. The highest BCUT2D eigenvalue weighted by molar-refractivity contribution is 7.53. The summed E-state index contributed by atoms with van der Waals surface area (Å²) in [6.07, 6.45) is 0. The summed E-state index contributed by atoms with van der Waals surface area (Å²) in [5.74, 6) is 0.322. The number of nitrogen functional groups attached to an aromatic ring is 1. The molecule has 0 aliphatic rings. The maximum Gasteiger partial charge on any atom is 0.427 e. The molecule has 0 aromatic heterocycles. The van der Waals surface area contributed by atoms with Crippen molar-refractivity contribution >= 4 is 19.1 Å². The van der Waals surface area contributed by atoms with Crippen LogP contribution in [0.1, 0.15) is 0 Å². The quantitative estimate of drug-likeness (QED) is 0.441. The summed E-state index contributed by atoms with van der Waals surface area (Å²) < 4.78 is 15.6. The van der Waals surface area contributed by atoms with Gasteiger partial charge in [-0.15, -0.1) is 0 Å². The standard InChI is InChI=1S/C7H11N2O4P/c1-13-7-3-2-5(8)4-6(7)9-14(10,11)12/h2-4H,8H2,1H3,(H3,9,10,11,12). The van der Waals surface area contributed by atoms with E-state index >= 15 is 0 Å². The van der Waals surface area contributed by atoms with Crippen LogP contribution in [0, 0.1) is 0 Å². The number of anilines is 2. The van der Waals surface area contributed by atoms with Gasteiger partial charge in [0.05, 0.1) is 12.8 Å². The molecule has 0 bridgehead atoms. The fraction of sp³-hybridized carbons (Fsp3) is 0.143. The fourth-order valence-corrected chi connectivity index (χ4v) is 1.46. The molecule has 1 aromatic carbocycles. The van der Waals surface area contributed by atoms with Crippen molar-refractivity contribution in [1.82, 2.24) is 0 Å². The Morgan fingerprint density at radius 2 is 2.14 bits per heavy atom. The fourth-order valence-electron chi connectivity index (χ4n) is 0.970. The zero-order valence-electron chi connectivity index (χ0n) is 7.47. The molecular weight excluding hydrogens is 207 g/mol. The lowest BCUT2D eigenvalue weighted by molar-refractivity contribution is 0.379. The van der Waals surface area contributed by atoms with E-state index in [2.05, 4.69) is 0 Å². The van der Waals surface area contributed by atoms with Gasteiger partial charge in [-0.05, 0) is 18.2 Å².